The highest BCUT2D eigenvalue weighted by atomic mass is 32.1. The molecule has 1 aromatic heterocycles. The van der Waals surface area contributed by atoms with Gasteiger partial charge in [-0.25, -0.2) is 4.98 Å². The minimum atomic E-state index is 0.240. The standard InChI is InChI=1S/C19H24N2OS/c1-13(20-17-9-8-16(10-17)12-22)19-14(2)21-18(23-19)11-15-6-4-3-5-7-15/h3-9,13,16-17,20,22H,10-12H2,1-2H3/t13-,16-,17+/m0/s1. The molecule has 0 amide bonds. The lowest BCUT2D eigenvalue weighted by molar-refractivity contribution is 0.245. The summed E-state index contributed by atoms with van der Waals surface area (Å²) in [5.41, 5.74) is 2.43. The van der Waals surface area contributed by atoms with Gasteiger partial charge in [-0.3, -0.25) is 0 Å². The molecule has 0 saturated heterocycles. The molecule has 2 aromatic rings. The van der Waals surface area contributed by atoms with E-state index in [0.29, 0.717) is 12.0 Å². The van der Waals surface area contributed by atoms with E-state index in [1.165, 1.54) is 15.4 Å². The molecular weight excluding hydrogens is 304 g/mol. The smallest absolute Gasteiger partial charge is 0.0975 e. The topological polar surface area (TPSA) is 45.2 Å². The number of aromatic nitrogens is 1. The third-order valence-corrected chi connectivity index (χ3v) is 5.68. The van der Waals surface area contributed by atoms with E-state index < -0.39 is 0 Å². The first-order valence-electron chi connectivity index (χ1n) is 8.21. The monoisotopic (exact) mass is 328 g/mol. The van der Waals surface area contributed by atoms with Crippen molar-refractivity contribution in [2.45, 2.75) is 38.8 Å². The van der Waals surface area contributed by atoms with Crippen molar-refractivity contribution in [1.82, 2.24) is 10.3 Å². The highest BCUT2D eigenvalue weighted by Gasteiger charge is 2.22. The summed E-state index contributed by atoms with van der Waals surface area (Å²) in [6, 6.07) is 11.1. The van der Waals surface area contributed by atoms with Crippen molar-refractivity contribution >= 4 is 11.3 Å². The van der Waals surface area contributed by atoms with Gasteiger partial charge < -0.3 is 10.4 Å². The van der Waals surface area contributed by atoms with Crippen LogP contribution in [0.5, 0.6) is 0 Å². The van der Waals surface area contributed by atoms with Gasteiger partial charge in [-0.05, 0) is 25.8 Å². The van der Waals surface area contributed by atoms with Gasteiger partial charge in [-0.15, -0.1) is 11.3 Å². The second-order valence-corrected chi connectivity index (χ2v) is 7.39. The van der Waals surface area contributed by atoms with Crippen molar-refractivity contribution in [3.63, 3.8) is 0 Å². The Balaban J connectivity index is 1.65. The van der Waals surface area contributed by atoms with Crippen LogP contribution in [0.2, 0.25) is 0 Å². The third-order valence-electron chi connectivity index (χ3n) is 4.34. The van der Waals surface area contributed by atoms with Gasteiger partial charge in [0.1, 0.15) is 0 Å². The van der Waals surface area contributed by atoms with E-state index in [4.69, 9.17) is 4.98 Å². The van der Waals surface area contributed by atoms with Crippen LogP contribution in [0, 0.1) is 12.8 Å². The maximum Gasteiger partial charge on any atom is 0.0975 e. The van der Waals surface area contributed by atoms with Crippen molar-refractivity contribution in [1.29, 1.82) is 0 Å². The molecule has 3 atom stereocenters. The molecule has 3 rings (SSSR count). The van der Waals surface area contributed by atoms with Crippen LogP contribution in [0.1, 0.15) is 40.5 Å². The van der Waals surface area contributed by atoms with Crippen LogP contribution < -0.4 is 5.32 Å². The first-order chi connectivity index (χ1) is 11.2. The van der Waals surface area contributed by atoms with E-state index in [-0.39, 0.29) is 12.6 Å². The summed E-state index contributed by atoms with van der Waals surface area (Å²) in [5.74, 6) is 0.302. The van der Waals surface area contributed by atoms with Crippen molar-refractivity contribution in [2.75, 3.05) is 6.61 Å². The fraction of sp³-hybridized carbons (Fsp3) is 0.421. The first-order valence-corrected chi connectivity index (χ1v) is 9.02. The molecule has 1 aliphatic rings. The Morgan fingerprint density at radius 1 is 1.30 bits per heavy atom. The van der Waals surface area contributed by atoms with E-state index >= 15 is 0 Å². The quantitative estimate of drug-likeness (QED) is 0.796. The maximum atomic E-state index is 9.24. The van der Waals surface area contributed by atoms with Gasteiger partial charge in [0.2, 0.25) is 0 Å². The van der Waals surface area contributed by atoms with Crippen LogP contribution in [0.3, 0.4) is 0 Å². The Hall–Kier alpha value is -1.49. The lowest BCUT2D eigenvalue weighted by Crippen LogP contribution is -2.29. The van der Waals surface area contributed by atoms with Gasteiger partial charge in [-0.1, -0.05) is 42.5 Å². The Kier molecular flexibility index (Phi) is 5.26. The summed E-state index contributed by atoms with van der Waals surface area (Å²) in [7, 11) is 0. The molecule has 1 aliphatic carbocycles. The van der Waals surface area contributed by atoms with E-state index in [2.05, 4.69) is 55.6 Å². The summed E-state index contributed by atoms with van der Waals surface area (Å²) >= 11 is 1.81. The average molecular weight is 328 g/mol. The zero-order valence-corrected chi connectivity index (χ0v) is 14.5. The molecule has 0 fully saturated rings. The molecule has 1 heterocycles. The highest BCUT2D eigenvalue weighted by Crippen LogP contribution is 2.28. The Bertz CT molecular complexity index is 665. The van der Waals surface area contributed by atoms with E-state index in [1.807, 2.05) is 6.07 Å². The Morgan fingerprint density at radius 2 is 2.09 bits per heavy atom. The molecule has 0 unspecified atom stereocenters. The van der Waals surface area contributed by atoms with Gasteiger partial charge >= 0.3 is 0 Å². The number of hydrogen-bond donors (Lipinski definition) is 2. The second kappa shape index (κ2) is 7.39. The van der Waals surface area contributed by atoms with Crippen LogP contribution in [-0.4, -0.2) is 22.7 Å². The number of nitrogens with zero attached hydrogens (tertiary/aromatic N) is 1. The number of hydrogen-bond acceptors (Lipinski definition) is 4. The second-order valence-electron chi connectivity index (χ2n) is 6.28. The van der Waals surface area contributed by atoms with Gasteiger partial charge in [0.15, 0.2) is 0 Å². The number of thiazole rings is 1. The summed E-state index contributed by atoms with van der Waals surface area (Å²) in [5, 5.41) is 14.1. The number of rotatable bonds is 6. The number of aliphatic hydroxyl groups excluding tert-OH is 1. The third kappa shape index (κ3) is 4.08. The van der Waals surface area contributed by atoms with Crippen LogP contribution in [0.4, 0.5) is 0 Å². The number of aliphatic hydroxyl groups is 1. The largest absolute Gasteiger partial charge is 0.396 e. The molecule has 2 N–H and O–H groups in total. The van der Waals surface area contributed by atoms with Crippen molar-refractivity contribution in [2.24, 2.45) is 5.92 Å². The predicted octanol–water partition coefficient (Wildman–Crippen LogP) is 3.63. The van der Waals surface area contributed by atoms with Gasteiger partial charge in [-0.2, -0.15) is 0 Å². The minimum absolute atomic E-state index is 0.240. The normalized spacial score (nSPS) is 21.7. The van der Waals surface area contributed by atoms with Crippen LogP contribution in [0.15, 0.2) is 42.5 Å². The summed E-state index contributed by atoms with van der Waals surface area (Å²) in [6.45, 7) is 4.54. The highest BCUT2D eigenvalue weighted by molar-refractivity contribution is 7.11. The first kappa shape index (κ1) is 16.4. The number of benzene rings is 1. The zero-order chi connectivity index (χ0) is 16.2. The predicted molar refractivity (Wildman–Crippen MR) is 95.8 cm³/mol. The maximum absolute atomic E-state index is 9.24. The minimum Gasteiger partial charge on any atom is -0.396 e. The molecule has 3 nitrogen and oxygen atoms in total. The molecule has 4 heteroatoms. The zero-order valence-electron chi connectivity index (χ0n) is 13.7. The molecule has 0 aliphatic heterocycles. The Morgan fingerprint density at radius 3 is 2.78 bits per heavy atom. The number of aryl methyl sites for hydroxylation is 1. The lowest BCUT2D eigenvalue weighted by atomic mass is 10.1. The van der Waals surface area contributed by atoms with Gasteiger partial charge in [0, 0.05) is 35.9 Å². The number of nitrogens with one attached hydrogen (secondary N) is 1. The molecule has 0 bridgehead atoms. The van der Waals surface area contributed by atoms with E-state index in [0.717, 1.165) is 18.5 Å². The van der Waals surface area contributed by atoms with E-state index in [9.17, 15) is 5.11 Å². The molecule has 23 heavy (non-hydrogen) atoms. The van der Waals surface area contributed by atoms with E-state index in [1.54, 1.807) is 11.3 Å². The lowest BCUT2D eigenvalue weighted by Gasteiger charge is -2.18. The van der Waals surface area contributed by atoms with Crippen LogP contribution in [-0.2, 0) is 6.42 Å². The molecular formula is C19H24N2OS. The summed E-state index contributed by atoms with van der Waals surface area (Å²) in [6.07, 6.45) is 6.17. The summed E-state index contributed by atoms with van der Waals surface area (Å²) < 4.78 is 0. The summed E-state index contributed by atoms with van der Waals surface area (Å²) in [4.78, 5) is 6.07. The molecule has 0 radical (unpaired) electrons. The SMILES string of the molecule is Cc1nc(Cc2ccccc2)sc1[C@H](C)N[C@@H]1C=C[C@H](CO)C1. The van der Waals surface area contributed by atoms with Crippen molar-refractivity contribution < 1.29 is 5.11 Å². The molecule has 0 saturated carbocycles. The fourth-order valence-electron chi connectivity index (χ4n) is 3.14. The molecule has 122 valence electrons. The van der Waals surface area contributed by atoms with Gasteiger partial charge in [0.05, 0.1) is 10.7 Å². The van der Waals surface area contributed by atoms with Crippen LogP contribution in [0.25, 0.3) is 0 Å². The van der Waals surface area contributed by atoms with Crippen LogP contribution >= 0.6 is 11.3 Å². The van der Waals surface area contributed by atoms with Crippen molar-refractivity contribution in [3.05, 3.63) is 63.6 Å². The average Bonchev–Trinajstić information content (AvgIpc) is 3.14. The van der Waals surface area contributed by atoms with Crippen molar-refractivity contribution in [3.8, 4) is 0 Å². The fourth-order valence-corrected chi connectivity index (χ4v) is 4.26. The Labute approximate surface area is 142 Å². The van der Waals surface area contributed by atoms with Gasteiger partial charge in [0.25, 0.3) is 0 Å². The molecule has 1 aromatic carbocycles. The molecule has 0 spiro atoms.